The minimum absolute atomic E-state index is 0. The minimum atomic E-state index is -0.472. The second-order valence-corrected chi connectivity index (χ2v) is 5.13. The van der Waals surface area contributed by atoms with Crippen molar-refractivity contribution >= 4 is 11.8 Å². The Morgan fingerprint density at radius 2 is 1.00 bits per heavy atom. The number of hydrogen-bond donors (Lipinski definition) is 0. The molecule has 0 atom stereocenters. The smallest absolute Gasteiger partial charge is 0.667 e. The molecular formula is C12H24N2O2Ti. The van der Waals surface area contributed by atoms with Gasteiger partial charge in [-0.25, -0.2) is 0 Å². The SMILES string of the molecule is CCC(C)(C)C([NH-])=O.CCC(C)(C)C([NH-])=O.[Ti+2]. The Balaban J connectivity index is -0.000000218. The normalized spacial score (nSPS) is 10.7. The Kier molecular flexibility index (Phi) is 11.2. The summed E-state index contributed by atoms with van der Waals surface area (Å²) in [6.07, 6.45) is 1.49. The van der Waals surface area contributed by atoms with Crippen molar-refractivity contribution in [2.45, 2.75) is 54.4 Å². The van der Waals surface area contributed by atoms with Gasteiger partial charge in [-0.05, 0) is 12.8 Å². The van der Waals surface area contributed by atoms with Crippen molar-refractivity contribution in [2.75, 3.05) is 0 Å². The molecule has 0 saturated carbocycles. The van der Waals surface area contributed by atoms with Gasteiger partial charge in [0.1, 0.15) is 0 Å². The number of carbonyl (C=O) groups is 2. The van der Waals surface area contributed by atoms with E-state index in [-0.39, 0.29) is 21.7 Å². The molecule has 0 aromatic heterocycles. The third kappa shape index (κ3) is 9.36. The number of rotatable bonds is 4. The Labute approximate surface area is 120 Å². The van der Waals surface area contributed by atoms with Crippen LogP contribution in [0.5, 0.6) is 0 Å². The molecule has 0 spiro atoms. The van der Waals surface area contributed by atoms with Crippen LogP contribution in [-0.2, 0) is 31.3 Å². The van der Waals surface area contributed by atoms with Gasteiger partial charge in [0, 0.05) is 10.8 Å². The standard InChI is InChI=1S/2C6H13NO.Ti/c2*1-4-6(2,3)5(7)8;/h2*4H2,1-3H3,(H2,7,8);/q;;+2/p-2. The van der Waals surface area contributed by atoms with Gasteiger partial charge in [-0.1, -0.05) is 41.5 Å². The van der Waals surface area contributed by atoms with Gasteiger partial charge in [0.25, 0.3) is 0 Å². The molecule has 0 aliphatic rings. The largest absolute Gasteiger partial charge is 2.00 e. The van der Waals surface area contributed by atoms with Gasteiger partial charge in [0.2, 0.25) is 0 Å². The monoisotopic (exact) mass is 276 g/mol. The van der Waals surface area contributed by atoms with E-state index >= 15 is 0 Å². The predicted molar refractivity (Wildman–Crippen MR) is 66.8 cm³/mol. The van der Waals surface area contributed by atoms with Gasteiger partial charge in [-0.3, -0.25) is 0 Å². The summed E-state index contributed by atoms with van der Waals surface area (Å²) in [7, 11) is 0. The van der Waals surface area contributed by atoms with Crippen LogP contribution in [0.25, 0.3) is 11.5 Å². The van der Waals surface area contributed by atoms with Crippen LogP contribution in [0.2, 0.25) is 0 Å². The zero-order valence-electron chi connectivity index (χ0n) is 11.7. The van der Waals surface area contributed by atoms with Gasteiger partial charge in [0.05, 0.1) is 11.8 Å². The summed E-state index contributed by atoms with van der Waals surface area (Å²) in [5, 5.41) is 0. The van der Waals surface area contributed by atoms with E-state index in [0.29, 0.717) is 0 Å². The van der Waals surface area contributed by atoms with Crippen LogP contribution in [0.15, 0.2) is 0 Å². The molecule has 0 saturated heterocycles. The number of nitrogens with one attached hydrogen (secondary N) is 2. The van der Waals surface area contributed by atoms with Crippen LogP contribution in [0.1, 0.15) is 54.4 Å². The van der Waals surface area contributed by atoms with Crippen molar-refractivity contribution in [2.24, 2.45) is 10.8 Å². The first kappa shape index (κ1) is 21.9. The van der Waals surface area contributed by atoms with Crippen molar-refractivity contribution < 1.29 is 31.3 Å². The molecule has 17 heavy (non-hydrogen) atoms. The summed E-state index contributed by atoms with van der Waals surface area (Å²) < 4.78 is 0. The average molecular weight is 276 g/mol. The molecule has 0 rings (SSSR count). The molecule has 0 radical (unpaired) electrons. The summed E-state index contributed by atoms with van der Waals surface area (Å²) in [4.78, 5) is 20.7. The molecule has 0 unspecified atom stereocenters. The van der Waals surface area contributed by atoms with E-state index in [0.717, 1.165) is 12.8 Å². The molecule has 2 N–H and O–H groups in total. The second-order valence-electron chi connectivity index (χ2n) is 5.13. The molecule has 2 amide bonds. The number of amides is 2. The molecule has 98 valence electrons. The van der Waals surface area contributed by atoms with Gasteiger partial charge in [0.15, 0.2) is 0 Å². The fourth-order valence-electron chi connectivity index (χ4n) is 0.321. The van der Waals surface area contributed by atoms with E-state index in [2.05, 4.69) is 0 Å². The first-order valence-electron chi connectivity index (χ1n) is 5.53. The third-order valence-electron chi connectivity index (χ3n) is 3.00. The summed E-state index contributed by atoms with van der Waals surface area (Å²) in [5.41, 5.74) is 12.6. The molecule has 0 aliphatic heterocycles. The Bertz CT molecular complexity index is 225. The predicted octanol–water partition coefficient (Wildman–Crippen LogP) is 4.00. The van der Waals surface area contributed by atoms with Crippen molar-refractivity contribution in [3.63, 3.8) is 0 Å². The molecule has 0 fully saturated rings. The molecule has 5 heteroatoms. The molecule has 4 nitrogen and oxygen atoms in total. The van der Waals surface area contributed by atoms with Crippen LogP contribution >= 0.6 is 0 Å². The van der Waals surface area contributed by atoms with Crippen molar-refractivity contribution in [3.8, 4) is 0 Å². The number of carbonyl (C=O) groups excluding carboxylic acids is 2. The maximum atomic E-state index is 10.4. The summed E-state index contributed by atoms with van der Waals surface area (Å²) in [6.45, 7) is 10.9. The number of hydrogen-bond acceptors (Lipinski definition) is 2. The van der Waals surface area contributed by atoms with Crippen molar-refractivity contribution in [3.05, 3.63) is 11.5 Å². The van der Waals surface area contributed by atoms with Crippen LogP contribution in [-0.4, -0.2) is 11.8 Å². The molecule has 0 heterocycles. The van der Waals surface area contributed by atoms with Crippen molar-refractivity contribution in [1.29, 1.82) is 0 Å². The summed E-state index contributed by atoms with van der Waals surface area (Å²) in [6, 6.07) is 0. The maximum absolute atomic E-state index is 10.4. The maximum Gasteiger partial charge on any atom is 2.00 e. The average Bonchev–Trinajstić information content (AvgIpc) is 2.18. The Hall–Kier alpha value is -0.346. The fourth-order valence-corrected chi connectivity index (χ4v) is 0.321. The van der Waals surface area contributed by atoms with Crippen LogP contribution in [0.3, 0.4) is 0 Å². The van der Waals surface area contributed by atoms with E-state index in [1.54, 1.807) is 27.7 Å². The first-order valence-corrected chi connectivity index (χ1v) is 5.53. The summed E-state index contributed by atoms with van der Waals surface area (Å²) >= 11 is 0. The van der Waals surface area contributed by atoms with Gasteiger partial charge in [-0.2, -0.15) is 0 Å². The molecule has 0 bridgehead atoms. The molecule has 0 aliphatic carbocycles. The Morgan fingerprint density at radius 1 is 0.824 bits per heavy atom. The topological polar surface area (TPSA) is 81.7 Å². The fraction of sp³-hybridized carbons (Fsp3) is 0.833. The van der Waals surface area contributed by atoms with Crippen LogP contribution in [0, 0.1) is 10.8 Å². The van der Waals surface area contributed by atoms with Crippen LogP contribution < -0.4 is 0 Å². The third-order valence-corrected chi connectivity index (χ3v) is 3.00. The quantitative estimate of drug-likeness (QED) is 0.727. The second kappa shape index (κ2) is 8.70. The molecule has 0 aromatic rings. The molecular weight excluding hydrogens is 252 g/mol. The van der Waals surface area contributed by atoms with Crippen LogP contribution in [0.4, 0.5) is 0 Å². The van der Waals surface area contributed by atoms with E-state index in [4.69, 9.17) is 11.5 Å². The zero-order chi connectivity index (χ0) is 13.6. The zero-order valence-corrected chi connectivity index (χ0v) is 13.3. The van der Waals surface area contributed by atoms with Gasteiger partial charge in [-0.15, -0.1) is 0 Å². The van der Waals surface area contributed by atoms with Gasteiger partial charge >= 0.3 is 21.7 Å². The molecule has 0 aromatic carbocycles. The first-order chi connectivity index (χ1) is 7.01. The van der Waals surface area contributed by atoms with E-state index < -0.39 is 22.6 Å². The van der Waals surface area contributed by atoms with E-state index in [1.807, 2.05) is 13.8 Å². The van der Waals surface area contributed by atoms with Gasteiger partial charge < -0.3 is 21.1 Å². The minimum Gasteiger partial charge on any atom is -0.667 e. The summed E-state index contributed by atoms with van der Waals surface area (Å²) in [5.74, 6) is -0.944. The Morgan fingerprint density at radius 3 is 1.00 bits per heavy atom. The van der Waals surface area contributed by atoms with Crippen molar-refractivity contribution in [1.82, 2.24) is 0 Å². The van der Waals surface area contributed by atoms with E-state index in [9.17, 15) is 9.59 Å². The van der Waals surface area contributed by atoms with E-state index in [1.165, 1.54) is 0 Å².